The van der Waals surface area contributed by atoms with Gasteiger partial charge in [-0.15, -0.1) is 11.8 Å². The van der Waals surface area contributed by atoms with Gasteiger partial charge in [-0.25, -0.2) is 4.98 Å². The number of nitrogens with zero attached hydrogens (tertiary/aromatic N) is 1. The summed E-state index contributed by atoms with van der Waals surface area (Å²) in [5.74, 6) is 0.723. The molecular formula is C15H18N2OS. The minimum absolute atomic E-state index is 0.0490. The maximum atomic E-state index is 9.81. The minimum atomic E-state index is -0.441. The second-order valence-electron chi connectivity index (χ2n) is 4.31. The summed E-state index contributed by atoms with van der Waals surface area (Å²) in [5, 5.41) is 14.0. The van der Waals surface area contributed by atoms with Crippen LogP contribution < -0.4 is 5.32 Å². The molecule has 4 heteroatoms. The molecule has 1 unspecified atom stereocenters. The lowest BCUT2D eigenvalue weighted by Crippen LogP contribution is -2.45. The molecule has 1 atom stereocenters. The summed E-state index contributed by atoms with van der Waals surface area (Å²) >= 11 is 1.64. The minimum Gasteiger partial charge on any atom is -0.394 e. The van der Waals surface area contributed by atoms with Gasteiger partial charge in [-0.3, -0.25) is 0 Å². The smallest absolute Gasteiger partial charge is 0.0960 e. The number of likely N-dealkylation sites (N-methyl/N-ethyl adjacent to an activating group) is 1. The summed E-state index contributed by atoms with van der Waals surface area (Å²) in [6, 6.07) is 15.9. The van der Waals surface area contributed by atoms with Crippen LogP contribution in [0.2, 0.25) is 0 Å². The summed E-state index contributed by atoms with van der Waals surface area (Å²) in [6.07, 6.45) is 1.78. The number of aliphatic hydroxyl groups is 1. The zero-order chi connectivity index (χ0) is 13.6. The Bertz CT molecular complexity index is 486. The molecule has 2 rings (SSSR count). The van der Waals surface area contributed by atoms with E-state index in [-0.39, 0.29) is 6.61 Å². The van der Waals surface area contributed by atoms with Crippen molar-refractivity contribution < 1.29 is 5.11 Å². The van der Waals surface area contributed by atoms with Gasteiger partial charge >= 0.3 is 0 Å². The first-order valence-electron chi connectivity index (χ1n) is 6.20. The van der Waals surface area contributed by atoms with Gasteiger partial charge in [0.1, 0.15) is 0 Å². The lowest BCUT2D eigenvalue weighted by atomic mass is 9.93. The molecule has 2 aromatic rings. The van der Waals surface area contributed by atoms with Crippen LogP contribution in [0.15, 0.2) is 59.8 Å². The second-order valence-corrected chi connectivity index (χ2v) is 5.31. The Kier molecular flexibility index (Phi) is 4.96. The van der Waals surface area contributed by atoms with Crippen molar-refractivity contribution in [3.05, 3.63) is 60.3 Å². The van der Waals surface area contributed by atoms with Crippen LogP contribution in [-0.2, 0) is 5.54 Å². The highest BCUT2D eigenvalue weighted by molar-refractivity contribution is 7.99. The van der Waals surface area contributed by atoms with Crippen molar-refractivity contribution in [1.29, 1.82) is 0 Å². The molecule has 0 aliphatic carbocycles. The molecule has 0 saturated carbocycles. The van der Waals surface area contributed by atoms with Crippen LogP contribution in [0, 0.1) is 0 Å². The Morgan fingerprint density at radius 3 is 2.47 bits per heavy atom. The highest BCUT2D eigenvalue weighted by Gasteiger charge is 2.29. The number of benzene rings is 1. The van der Waals surface area contributed by atoms with Crippen molar-refractivity contribution in [2.45, 2.75) is 10.6 Å². The quantitative estimate of drug-likeness (QED) is 0.793. The number of rotatable bonds is 6. The van der Waals surface area contributed by atoms with Gasteiger partial charge < -0.3 is 10.4 Å². The highest BCUT2D eigenvalue weighted by Crippen LogP contribution is 2.28. The van der Waals surface area contributed by atoms with E-state index in [0.29, 0.717) is 0 Å². The van der Waals surface area contributed by atoms with Crippen LogP contribution in [0.3, 0.4) is 0 Å². The Morgan fingerprint density at radius 2 is 1.89 bits per heavy atom. The molecule has 0 fully saturated rings. The van der Waals surface area contributed by atoms with Crippen molar-refractivity contribution in [3.8, 4) is 0 Å². The number of nitrogens with one attached hydrogen (secondary N) is 1. The van der Waals surface area contributed by atoms with Crippen molar-refractivity contribution >= 4 is 11.8 Å². The van der Waals surface area contributed by atoms with Gasteiger partial charge in [0.05, 0.1) is 17.2 Å². The van der Waals surface area contributed by atoms with E-state index < -0.39 is 5.54 Å². The molecule has 0 radical (unpaired) electrons. The molecule has 2 N–H and O–H groups in total. The fraction of sp³-hybridized carbons (Fsp3) is 0.267. The molecular weight excluding hydrogens is 256 g/mol. The standard InChI is InChI=1S/C15H18N2OS/c1-16-15(11-18,13-7-3-2-4-8-13)12-19-14-9-5-6-10-17-14/h2-10,16,18H,11-12H2,1H3. The van der Waals surface area contributed by atoms with Gasteiger partial charge in [-0.05, 0) is 24.7 Å². The summed E-state index contributed by atoms with van der Waals surface area (Å²) in [4.78, 5) is 4.30. The van der Waals surface area contributed by atoms with Crippen molar-refractivity contribution in [2.24, 2.45) is 0 Å². The fourth-order valence-electron chi connectivity index (χ4n) is 1.90. The normalized spacial score (nSPS) is 14.0. The Balaban J connectivity index is 2.16. The Hall–Kier alpha value is -1.36. The number of aliphatic hydroxyl groups excluding tert-OH is 1. The molecule has 0 aliphatic rings. The highest BCUT2D eigenvalue weighted by atomic mass is 32.2. The molecule has 0 saturated heterocycles. The van der Waals surface area contributed by atoms with E-state index >= 15 is 0 Å². The number of thioether (sulfide) groups is 1. The summed E-state index contributed by atoms with van der Waals surface area (Å²) < 4.78 is 0. The van der Waals surface area contributed by atoms with E-state index in [2.05, 4.69) is 10.3 Å². The molecule has 19 heavy (non-hydrogen) atoms. The molecule has 0 bridgehead atoms. The van der Waals surface area contributed by atoms with E-state index in [1.165, 1.54) is 0 Å². The van der Waals surface area contributed by atoms with Crippen LogP contribution >= 0.6 is 11.8 Å². The number of aromatic nitrogens is 1. The third-order valence-electron chi connectivity index (χ3n) is 3.18. The zero-order valence-corrected chi connectivity index (χ0v) is 11.7. The van der Waals surface area contributed by atoms with Crippen LogP contribution in [0.5, 0.6) is 0 Å². The monoisotopic (exact) mass is 274 g/mol. The predicted molar refractivity (Wildman–Crippen MR) is 79.2 cm³/mol. The van der Waals surface area contributed by atoms with Crippen LogP contribution in [0.1, 0.15) is 5.56 Å². The summed E-state index contributed by atoms with van der Waals surface area (Å²) in [7, 11) is 1.88. The molecule has 100 valence electrons. The average molecular weight is 274 g/mol. The van der Waals surface area contributed by atoms with Crippen molar-refractivity contribution in [2.75, 3.05) is 19.4 Å². The van der Waals surface area contributed by atoms with Crippen LogP contribution in [-0.4, -0.2) is 29.5 Å². The average Bonchev–Trinajstić information content (AvgIpc) is 2.51. The first-order valence-corrected chi connectivity index (χ1v) is 7.18. The van der Waals surface area contributed by atoms with Gasteiger partial charge in [0.25, 0.3) is 0 Å². The third kappa shape index (κ3) is 3.35. The number of hydrogen-bond acceptors (Lipinski definition) is 4. The Morgan fingerprint density at radius 1 is 1.16 bits per heavy atom. The number of hydrogen-bond donors (Lipinski definition) is 2. The first-order chi connectivity index (χ1) is 9.30. The zero-order valence-electron chi connectivity index (χ0n) is 10.9. The molecule has 3 nitrogen and oxygen atoms in total. The van der Waals surface area contributed by atoms with E-state index in [1.807, 2.05) is 55.6 Å². The largest absolute Gasteiger partial charge is 0.394 e. The van der Waals surface area contributed by atoms with Gasteiger partial charge in [0.15, 0.2) is 0 Å². The van der Waals surface area contributed by atoms with E-state index in [1.54, 1.807) is 18.0 Å². The fourth-order valence-corrected chi connectivity index (χ4v) is 3.01. The summed E-state index contributed by atoms with van der Waals surface area (Å²) in [6.45, 7) is 0.0490. The molecule has 1 heterocycles. The van der Waals surface area contributed by atoms with E-state index in [9.17, 15) is 5.11 Å². The Labute approximate surface area is 118 Å². The topological polar surface area (TPSA) is 45.1 Å². The third-order valence-corrected chi connectivity index (χ3v) is 4.35. The lowest BCUT2D eigenvalue weighted by molar-refractivity contribution is 0.187. The van der Waals surface area contributed by atoms with Crippen LogP contribution in [0.25, 0.3) is 0 Å². The maximum Gasteiger partial charge on any atom is 0.0960 e. The second kappa shape index (κ2) is 6.70. The van der Waals surface area contributed by atoms with Gasteiger partial charge in [-0.1, -0.05) is 36.4 Å². The number of pyridine rings is 1. The molecule has 0 aliphatic heterocycles. The molecule has 0 amide bonds. The lowest BCUT2D eigenvalue weighted by Gasteiger charge is -2.31. The molecule has 0 spiro atoms. The van der Waals surface area contributed by atoms with Crippen LogP contribution in [0.4, 0.5) is 0 Å². The molecule has 1 aromatic heterocycles. The van der Waals surface area contributed by atoms with Gasteiger partial charge in [-0.2, -0.15) is 0 Å². The SMILES string of the molecule is CNC(CO)(CSc1ccccn1)c1ccccc1. The van der Waals surface area contributed by atoms with E-state index in [4.69, 9.17) is 0 Å². The van der Waals surface area contributed by atoms with Crippen molar-refractivity contribution in [3.63, 3.8) is 0 Å². The van der Waals surface area contributed by atoms with Crippen molar-refractivity contribution in [1.82, 2.24) is 10.3 Å². The summed E-state index contributed by atoms with van der Waals surface area (Å²) in [5.41, 5.74) is 0.645. The van der Waals surface area contributed by atoms with Gasteiger partial charge in [0.2, 0.25) is 0 Å². The van der Waals surface area contributed by atoms with Gasteiger partial charge in [0, 0.05) is 11.9 Å². The van der Waals surface area contributed by atoms with E-state index in [0.717, 1.165) is 16.3 Å². The maximum absolute atomic E-state index is 9.81. The molecule has 1 aromatic carbocycles. The predicted octanol–water partition coefficient (Wildman–Crippen LogP) is 2.28. The first kappa shape index (κ1) is 14.1.